The molecule has 4 rings (SSSR count). The normalized spacial score (nSPS) is 19.4. The summed E-state index contributed by atoms with van der Waals surface area (Å²) in [5.74, 6) is 0.487. The highest BCUT2D eigenvalue weighted by Crippen LogP contribution is 2.23. The minimum Gasteiger partial charge on any atom is -0.384 e. The predicted octanol–water partition coefficient (Wildman–Crippen LogP) is 5.00. The van der Waals surface area contributed by atoms with Crippen molar-refractivity contribution in [1.82, 2.24) is 14.5 Å². The number of aryl methyl sites for hydroxylation is 1. The van der Waals surface area contributed by atoms with Gasteiger partial charge < -0.3 is 10.3 Å². The summed E-state index contributed by atoms with van der Waals surface area (Å²) in [4.78, 5) is 20.4. The highest BCUT2D eigenvalue weighted by atomic mass is 16.1. The lowest BCUT2D eigenvalue weighted by atomic mass is 9.97. The van der Waals surface area contributed by atoms with Gasteiger partial charge in [-0.05, 0) is 75.7 Å². The lowest BCUT2D eigenvalue weighted by Crippen LogP contribution is -2.44. The van der Waals surface area contributed by atoms with Gasteiger partial charge in [0.15, 0.2) is 0 Å². The smallest absolute Gasteiger partial charge is 0.254 e. The van der Waals surface area contributed by atoms with Gasteiger partial charge >= 0.3 is 0 Å². The number of para-hydroxylation sites is 1. The summed E-state index contributed by atoms with van der Waals surface area (Å²) in [6.07, 6.45) is 7.84. The molecule has 5 nitrogen and oxygen atoms in total. The third-order valence-electron chi connectivity index (χ3n) is 6.95. The summed E-state index contributed by atoms with van der Waals surface area (Å²) in [6.45, 7) is 6.64. The number of hydrogen-bond donors (Lipinski definition) is 1. The number of pyridine rings is 2. The van der Waals surface area contributed by atoms with E-state index in [1.807, 2.05) is 34.9 Å². The van der Waals surface area contributed by atoms with E-state index >= 15 is 0 Å². The van der Waals surface area contributed by atoms with E-state index in [9.17, 15) is 4.79 Å². The fourth-order valence-corrected chi connectivity index (χ4v) is 5.18. The van der Waals surface area contributed by atoms with Crippen molar-refractivity contribution >= 4 is 16.7 Å². The minimum atomic E-state index is 0.0891. The molecule has 0 saturated carbocycles. The van der Waals surface area contributed by atoms with Crippen molar-refractivity contribution in [3.05, 3.63) is 70.1 Å². The van der Waals surface area contributed by atoms with Gasteiger partial charge in [0.05, 0.1) is 5.52 Å². The number of likely N-dealkylation sites (tertiary alicyclic amines) is 1. The van der Waals surface area contributed by atoms with Crippen LogP contribution in [0.5, 0.6) is 0 Å². The van der Waals surface area contributed by atoms with Gasteiger partial charge in [-0.1, -0.05) is 37.1 Å². The van der Waals surface area contributed by atoms with Crippen LogP contribution in [0.15, 0.2) is 53.3 Å². The highest BCUT2D eigenvalue weighted by Gasteiger charge is 2.23. The third kappa shape index (κ3) is 5.21. The number of rotatable bonds is 8. The molecule has 2 aromatic heterocycles. The molecule has 1 saturated heterocycles. The van der Waals surface area contributed by atoms with Crippen LogP contribution in [-0.4, -0.2) is 33.1 Å². The first kappa shape index (κ1) is 22.5. The number of nitrogen functional groups attached to an aromatic ring is 1. The maximum absolute atomic E-state index is 13.4. The first-order valence-electron chi connectivity index (χ1n) is 12.1. The molecule has 0 aliphatic carbocycles. The van der Waals surface area contributed by atoms with Crippen molar-refractivity contribution in [1.29, 1.82) is 0 Å². The molecule has 32 heavy (non-hydrogen) atoms. The highest BCUT2D eigenvalue weighted by molar-refractivity contribution is 5.79. The zero-order valence-electron chi connectivity index (χ0n) is 19.5. The molecule has 0 amide bonds. The maximum atomic E-state index is 13.4. The average molecular weight is 433 g/mol. The Morgan fingerprint density at radius 1 is 0.969 bits per heavy atom. The molecular formula is C27H36N4O. The number of aromatic nitrogens is 2. The van der Waals surface area contributed by atoms with Gasteiger partial charge in [-0.3, -0.25) is 9.69 Å². The quantitative estimate of drug-likeness (QED) is 0.509. The van der Waals surface area contributed by atoms with Gasteiger partial charge in [-0.2, -0.15) is 0 Å². The van der Waals surface area contributed by atoms with E-state index in [1.165, 1.54) is 32.2 Å². The molecule has 2 N–H and O–H groups in total. The van der Waals surface area contributed by atoms with E-state index in [2.05, 4.69) is 35.9 Å². The molecule has 3 heterocycles. The number of nitrogens with two attached hydrogens (primary N) is 1. The van der Waals surface area contributed by atoms with E-state index in [4.69, 9.17) is 5.73 Å². The Kier molecular flexibility index (Phi) is 7.26. The molecule has 0 radical (unpaired) electrons. The van der Waals surface area contributed by atoms with E-state index in [-0.39, 0.29) is 5.56 Å². The second-order valence-corrected chi connectivity index (χ2v) is 9.34. The number of benzene rings is 1. The summed E-state index contributed by atoms with van der Waals surface area (Å²) >= 11 is 0. The molecular weight excluding hydrogens is 396 g/mol. The molecule has 2 atom stereocenters. The van der Waals surface area contributed by atoms with Crippen molar-refractivity contribution in [2.45, 2.75) is 77.4 Å². The van der Waals surface area contributed by atoms with E-state index < -0.39 is 0 Å². The topological polar surface area (TPSA) is 64.2 Å². The minimum absolute atomic E-state index is 0.0891. The molecule has 0 spiro atoms. The summed E-state index contributed by atoms with van der Waals surface area (Å²) in [5.41, 5.74) is 8.54. The van der Waals surface area contributed by atoms with Crippen LogP contribution in [0, 0.1) is 0 Å². The predicted molar refractivity (Wildman–Crippen MR) is 133 cm³/mol. The van der Waals surface area contributed by atoms with Gasteiger partial charge in [0.1, 0.15) is 5.82 Å². The third-order valence-corrected chi connectivity index (χ3v) is 6.95. The van der Waals surface area contributed by atoms with E-state index in [1.54, 1.807) is 6.07 Å². The van der Waals surface area contributed by atoms with Crippen LogP contribution < -0.4 is 11.3 Å². The number of unbranched alkanes of at least 4 members (excludes halogenated alkanes) is 2. The first-order valence-corrected chi connectivity index (χ1v) is 12.1. The van der Waals surface area contributed by atoms with E-state index in [0.717, 1.165) is 41.5 Å². The van der Waals surface area contributed by atoms with Crippen LogP contribution in [0.4, 0.5) is 5.82 Å². The Bertz CT molecular complexity index is 1100. The lowest BCUT2D eigenvalue weighted by Gasteiger charge is -2.39. The van der Waals surface area contributed by atoms with Crippen molar-refractivity contribution in [2.75, 3.05) is 12.3 Å². The van der Waals surface area contributed by atoms with Crippen molar-refractivity contribution in [2.24, 2.45) is 0 Å². The standard InChI is InChI=1S/C27H36N4O/c1-20-10-8-11-21(2)30(20)16-6-3-7-17-31-25-14-5-4-12-22(25)18-23(27(31)32)19-24-13-9-15-26(28)29-24/h4-5,9,12-15,18,20-21H,3,6-8,10-11,16-17,19H2,1-2H3,(H2,28,29)/t20-,21+. The molecule has 0 unspecified atom stereocenters. The number of nitrogens with zero attached hydrogens (tertiary/aromatic N) is 3. The Hall–Kier alpha value is -2.66. The van der Waals surface area contributed by atoms with Crippen LogP contribution in [0.1, 0.15) is 63.6 Å². The van der Waals surface area contributed by atoms with Crippen LogP contribution >= 0.6 is 0 Å². The lowest BCUT2D eigenvalue weighted by molar-refractivity contribution is 0.101. The van der Waals surface area contributed by atoms with E-state index in [0.29, 0.717) is 24.3 Å². The van der Waals surface area contributed by atoms with Gasteiger partial charge in [-0.15, -0.1) is 0 Å². The molecule has 3 aromatic rings. The number of fused-ring (bicyclic) bond motifs is 1. The second-order valence-electron chi connectivity index (χ2n) is 9.34. The molecule has 5 heteroatoms. The first-order chi connectivity index (χ1) is 15.5. The zero-order valence-corrected chi connectivity index (χ0v) is 19.5. The Balaban J connectivity index is 1.45. The zero-order chi connectivity index (χ0) is 22.5. The Morgan fingerprint density at radius 3 is 2.50 bits per heavy atom. The number of hydrogen-bond acceptors (Lipinski definition) is 4. The van der Waals surface area contributed by atoms with Crippen LogP contribution in [0.3, 0.4) is 0 Å². The Labute approximate surface area is 191 Å². The average Bonchev–Trinajstić information content (AvgIpc) is 2.77. The molecule has 0 bridgehead atoms. The SMILES string of the molecule is C[C@@H]1CCC[C@H](C)N1CCCCCn1c(=O)c(Cc2cccc(N)n2)cc2ccccc21. The van der Waals surface area contributed by atoms with Crippen LogP contribution in [0.2, 0.25) is 0 Å². The fraction of sp³-hybridized carbons (Fsp3) is 0.481. The second kappa shape index (κ2) is 10.3. The fourth-order valence-electron chi connectivity index (χ4n) is 5.18. The van der Waals surface area contributed by atoms with Crippen LogP contribution in [-0.2, 0) is 13.0 Å². The van der Waals surface area contributed by atoms with Crippen LogP contribution in [0.25, 0.3) is 10.9 Å². The summed E-state index contributed by atoms with van der Waals surface area (Å²) < 4.78 is 1.96. The largest absolute Gasteiger partial charge is 0.384 e. The molecule has 170 valence electrons. The maximum Gasteiger partial charge on any atom is 0.254 e. The molecule has 1 fully saturated rings. The molecule has 1 aliphatic heterocycles. The van der Waals surface area contributed by atoms with Crippen molar-refractivity contribution < 1.29 is 0 Å². The number of piperidine rings is 1. The number of anilines is 1. The van der Waals surface area contributed by atoms with Gasteiger partial charge in [-0.25, -0.2) is 4.98 Å². The van der Waals surface area contributed by atoms with Crippen molar-refractivity contribution in [3.63, 3.8) is 0 Å². The monoisotopic (exact) mass is 432 g/mol. The van der Waals surface area contributed by atoms with Gasteiger partial charge in [0.25, 0.3) is 5.56 Å². The van der Waals surface area contributed by atoms with Gasteiger partial charge in [0.2, 0.25) is 0 Å². The summed E-state index contributed by atoms with van der Waals surface area (Å²) in [5, 5.41) is 1.10. The summed E-state index contributed by atoms with van der Waals surface area (Å²) in [6, 6.07) is 17.2. The molecule has 1 aromatic carbocycles. The Morgan fingerprint density at radius 2 is 1.72 bits per heavy atom. The summed E-state index contributed by atoms with van der Waals surface area (Å²) in [7, 11) is 0. The van der Waals surface area contributed by atoms with Gasteiger partial charge in [0, 0.05) is 36.3 Å². The van der Waals surface area contributed by atoms with Crippen molar-refractivity contribution in [3.8, 4) is 0 Å². The molecule has 1 aliphatic rings.